The predicted octanol–water partition coefficient (Wildman–Crippen LogP) is 3.75. The first-order chi connectivity index (χ1) is 9.49. The summed E-state index contributed by atoms with van der Waals surface area (Å²) in [5.41, 5.74) is 12.7. The molecule has 20 heavy (non-hydrogen) atoms. The van der Waals surface area contributed by atoms with Crippen LogP contribution in [0.5, 0.6) is 0 Å². The fourth-order valence-corrected chi connectivity index (χ4v) is 2.49. The van der Waals surface area contributed by atoms with E-state index in [1.807, 2.05) is 0 Å². The van der Waals surface area contributed by atoms with Crippen LogP contribution in [0.4, 0.5) is 5.69 Å². The van der Waals surface area contributed by atoms with Gasteiger partial charge in [0.1, 0.15) is 0 Å². The summed E-state index contributed by atoms with van der Waals surface area (Å²) >= 11 is 0. The molecule has 106 valence electrons. The van der Waals surface area contributed by atoms with E-state index in [-0.39, 0.29) is 6.04 Å². The number of aryl methyl sites for hydroxylation is 3. The van der Waals surface area contributed by atoms with Gasteiger partial charge in [-0.1, -0.05) is 36.4 Å². The van der Waals surface area contributed by atoms with E-state index in [4.69, 9.17) is 5.73 Å². The third kappa shape index (κ3) is 3.20. The summed E-state index contributed by atoms with van der Waals surface area (Å²) in [5.74, 6) is 0. The molecular formula is C18H24N2. The van der Waals surface area contributed by atoms with Crippen molar-refractivity contribution < 1.29 is 0 Å². The van der Waals surface area contributed by atoms with Gasteiger partial charge >= 0.3 is 0 Å². The van der Waals surface area contributed by atoms with Gasteiger partial charge in [0.2, 0.25) is 0 Å². The molecule has 0 saturated carbocycles. The Labute approximate surface area is 122 Å². The van der Waals surface area contributed by atoms with E-state index in [9.17, 15) is 0 Å². The summed E-state index contributed by atoms with van der Waals surface area (Å²) in [5, 5.41) is 0. The van der Waals surface area contributed by atoms with E-state index >= 15 is 0 Å². The second-order valence-corrected chi connectivity index (χ2v) is 5.62. The van der Waals surface area contributed by atoms with Crippen LogP contribution in [0.15, 0.2) is 42.5 Å². The van der Waals surface area contributed by atoms with Gasteiger partial charge in [0, 0.05) is 25.3 Å². The molecule has 0 aromatic heterocycles. The largest absolute Gasteiger partial charge is 0.372 e. The van der Waals surface area contributed by atoms with Gasteiger partial charge in [-0.25, -0.2) is 0 Å². The molecule has 2 rings (SSSR count). The monoisotopic (exact) mass is 268 g/mol. The number of hydrogen-bond donors (Lipinski definition) is 1. The topological polar surface area (TPSA) is 29.3 Å². The third-order valence-electron chi connectivity index (χ3n) is 3.96. The lowest BCUT2D eigenvalue weighted by molar-refractivity contribution is 0.701. The Morgan fingerprint density at radius 3 is 2.30 bits per heavy atom. The molecule has 0 aliphatic heterocycles. The van der Waals surface area contributed by atoms with E-state index in [0.717, 1.165) is 6.54 Å². The van der Waals surface area contributed by atoms with E-state index < -0.39 is 0 Å². The maximum atomic E-state index is 6.36. The van der Waals surface area contributed by atoms with Gasteiger partial charge in [0.15, 0.2) is 0 Å². The highest BCUT2D eigenvalue weighted by atomic mass is 15.1. The zero-order valence-electron chi connectivity index (χ0n) is 12.9. The van der Waals surface area contributed by atoms with E-state index in [0.29, 0.717) is 0 Å². The molecule has 2 aromatic carbocycles. The highest BCUT2D eigenvalue weighted by molar-refractivity contribution is 5.52. The molecule has 2 aromatic rings. The van der Waals surface area contributed by atoms with Crippen molar-refractivity contribution in [2.24, 2.45) is 5.73 Å². The smallest absolute Gasteiger partial charge is 0.0473 e. The molecular weight excluding hydrogens is 244 g/mol. The minimum atomic E-state index is 0.0268. The second kappa shape index (κ2) is 6.10. The summed E-state index contributed by atoms with van der Waals surface area (Å²) in [7, 11) is 2.10. The van der Waals surface area contributed by atoms with Crippen LogP contribution >= 0.6 is 0 Å². The standard InChI is InChI=1S/C18H24N2/c1-13-9-10-16(11-15(13)3)17(19)12-20(4)18-8-6-5-7-14(18)2/h5-11,17H,12,19H2,1-4H3. The van der Waals surface area contributed by atoms with E-state index in [2.05, 4.69) is 75.2 Å². The van der Waals surface area contributed by atoms with E-state index in [1.54, 1.807) is 0 Å². The Morgan fingerprint density at radius 1 is 0.950 bits per heavy atom. The number of rotatable bonds is 4. The van der Waals surface area contributed by atoms with Crippen LogP contribution in [-0.2, 0) is 0 Å². The van der Waals surface area contributed by atoms with E-state index in [1.165, 1.54) is 27.9 Å². The molecule has 0 aliphatic carbocycles. The summed E-state index contributed by atoms with van der Waals surface area (Å²) in [6.07, 6.45) is 0. The molecule has 0 bridgehead atoms. The van der Waals surface area contributed by atoms with Gasteiger partial charge in [-0.2, -0.15) is 0 Å². The van der Waals surface area contributed by atoms with Crippen molar-refractivity contribution in [1.82, 2.24) is 0 Å². The number of nitrogens with zero attached hydrogens (tertiary/aromatic N) is 1. The van der Waals surface area contributed by atoms with Crippen LogP contribution < -0.4 is 10.6 Å². The second-order valence-electron chi connectivity index (χ2n) is 5.62. The van der Waals surface area contributed by atoms with Crippen molar-refractivity contribution in [2.45, 2.75) is 26.8 Å². The quantitative estimate of drug-likeness (QED) is 0.915. The summed E-state index contributed by atoms with van der Waals surface area (Å²) in [6.45, 7) is 7.21. The van der Waals surface area contributed by atoms with Gasteiger partial charge in [0.25, 0.3) is 0 Å². The Morgan fingerprint density at radius 2 is 1.65 bits per heavy atom. The first-order valence-corrected chi connectivity index (χ1v) is 7.08. The van der Waals surface area contributed by atoms with Gasteiger partial charge < -0.3 is 10.6 Å². The normalized spacial score (nSPS) is 12.2. The third-order valence-corrected chi connectivity index (χ3v) is 3.96. The summed E-state index contributed by atoms with van der Waals surface area (Å²) in [6, 6.07) is 14.9. The lowest BCUT2D eigenvalue weighted by atomic mass is 10.0. The number of para-hydroxylation sites is 1. The van der Waals surface area contributed by atoms with Crippen molar-refractivity contribution in [2.75, 3.05) is 18.5 Å². The van der Waals surface area contributed by atoms with Gasteiger partial charge in [-0.05, 0) is 49.1 Å². The van der Waals surface area contributed by atoms with Crippen LogP contribution in [-0.4, -0.2) is 13.6 Å². The minimum absolute atomic E-state index is 0.0268. The predicted molar refractivity (Wildman–Crippen MR) is 87.3 cm³/mol. The van der Waals surface area contributed by atoms with Gasteiger partial charge in [-0.15, -0.1) is 0 Å². The molecule has 1 unspecified atom stereocenters. The average molecular weight is 268 g/mol. The minimum Gasteiger partial charge on any atom is -0.372 e. The SMILES string of the molecule is Cc1ccc(C(N)CN(C)c2ccccc2C)cc1C. The van der Waals surface area contributed by atoms with Gasteiger partial charge in [0.05, 0.1) is 0 Å². The first kappa shape index (κ1) is 14.6. The molecule has 2 nitrogen and oxygen atoms in total. The number of hydrogen-bond acceptors (Lipinski definition) is 2. The molecule has 0 heterocycles. The van der Waals surface area contributed by atoms with Crippen LogP contribution in [0.2, 0.25) is 0 Å². The van der Waals surface area contributed by atoms with Crippen LogP contribution in [0.25, 0.3) is 0 Å². The molecule has 0 amide bonds. The maximum absolute atomic E-state index is 6.36. The Balaban J connectivity index is 2.13. The molecule has 0 saturated heterocycles. The van der Waals surface area contributed by atoms with Crippen LogP contribution in [0.1, 0.15) is 28.3 Å². The maximum Gasteiger partial charge on any atom is 0.0473 e. The molecule has 0 aliphatic rings. The lowest BCUT2D eigenvalue weighted by Gasteiger charge is -2.25. The Bertz CT molecular complexity index is 590. The fraction of sp³-hybridized carbons (Fsp3) is 0.333. The fourth-order valence-electron chi connectivity index (χ4n) is 2.49. The average Bonchev–Trinajstić information content (AvgIpc) is 2.42. The summed E-state index contributed by atoms with van der Waals surface area (Å²) in [4.78, 5) is 2.23. The molecule has 0 radical (unpaired) electrons. The summed E-state index contributed by atoms with van der Waals surface area (Å²) < 4.78 is 0. The highest BCUT2D eigenvalue weighted by Crippen LogP contribution is 2.21. The first-order valence-electron chi connectivity index (χ1n) is 7.08. The molecule has 0 fully saturated rings. The Kier molecular flexibility index (Phi) is 4.46. The highest BCUT2D eigenvalue weighted by Gasteiger charge is 2.11. The number of benzene rings is 2. The van der Waals surface area contributed by atoms with Crippen molar-refractivity contribution in [3.63, 3.8) is 0 Å². The van der Waals surface area contributed by atoms with Crippen molar-refractivity contribution >= 4 is 5.69 Å². The number of likely N-dealkylation sites (N-methyl/N-ethyl adjacent to an activating group) is 1. The molecule has 1 atom stereocenters. The van der Waals surface area contributed by atoms with Crippen molar-refractivity contribution in [3.05, 3.63) is 64.7 Å². The molecule has 2 heteroatoms. The number of nitrogens with two attached hydrogens (primary N) is 1. The van der Waals surface area contributed by atoms with Crippen molar-refractivity contribution in [3.8, 4) is 0 Å². The zero-order valence-corrected chi connectivity index (χ0v) is 12.9. The van der Waals surface area contributed by atoms with Crippen molar-refractivity contribution in [1.29, 1.82) is 0 Å². The zero-order chi connectivity index (χ0) is 14.7. The molecule has 2 N–H and O–H groups in total. The number of anilines is 1. The van der Waals surface area contributed by atoms with Gasteiger partial charge in [-0.3, -0.25) is 0 Å². The van der Waals surface area contributed by atoms with Crippen LogP contribution in [0, 0.1) is 20.8 Å². The lowest BCUT2D eigenvalue weighted by Crippen LogP contribution is -2.29. The molecule has 0 spiro atoms. The van der Waals surface area contributed by atoms with Crippen LogP contribution in [0.3, 0.4) is 0 Å². The Hall–Kier alpha value is -1.80.